The Morgan fingerprint density at radius 1 is 0.741 bits per heavy atom. The average molecular weight is 362 g/mol. The zero-order valence-electron chi connectivity index (χ0n) is 16.1. The van der Waals surface area contributed by atoms with Crippen molar-refractivity contribution in [2.75, 3.05) is 20.6 Å². The SMILES string of the molecule is C[NH+](C)CC[C@H](Oc1ccccc1OCc1ccccc1)c1ccccc1. The van der Waals surface area contributed by atoms with Crippen LogP contribution in [0.1, 0.15) is 23.7 Å². The van der Waals surface area contributed by atoms with Crippen LogP contribution in [0.15, 0.2) is 84.9 Å². The number of rotatable bonds is 9. The normalized spacial score (nSPS) is 12.0. The maximum Gasteiger partial charge on any atom is 0.162 e. The molecule has 3 nitrogen and oxygen atoms in total. The first-order valence-corrected chi connectivity index (χ1v) is 9.49. The van der Waals surface area contributed by atoms with Crippen LogP contribution in [0.4, 0.5) is 0 Å². The van der Waals surface area contributed by atoms with Crippen LogP contribution < -0.4 is 14.4 Å². The minimum absolute atomic E-state index is 0.00238. The van der Waals surface area contributed by atoms with Crippen molar-refractivity contribution in [1.82, 2.24) is 0 Å². The molecule has 1 N–H and O–H groups in total. The van der Waals surface area contributed by atoms with E-state index >= 15 is 0 Å². The van der Waals surface area contributed by atoms with Gasteiger partial charge in [-0.1, -0.05) is 72.8 Å². The van der Waals surface area contributed by atoms with E-state index in [2.05, 4.69) is 50.5 Å². The van der Waals surface area contributed by atoms with Crippen molar-refractivity contribution in [2.45, 2.75) is 19.1 Å². The highest BCUT2D eigenvalue weighted by Crippen LogP contribution is 2.32. The molecule has 0 aromatic heterocycles. The quantitative estimate of drug-likeness (QED) is 0.623. The average Bonchev–Trinajstić information content (AvgIpc) is 2.71. The van der Waals surface area contributed by atoms with Gasteiger partial charge in [-0.15, -0.1) is 0 Å². The molecular weight excluding hydrogens is 334 g/mol. The van der Waals surface area contributed by atoms with Gasteiger partial charge in [0.15, 0.2) is 11.5 Å². The first-order chi connectivity index (χ1) is 13.2. The summed E-state index contributed by atoms with van der Waals surface area (Å²) in [6, 6.07) is 28.5. The van der Waals surface area contributed by atoms with Crippen molar-refractivity contribution in [1.29, 1.82) is 0 Å². The molecule has 0 aliphatic rings. The largest absolute Gasteiger partial charge is 0.485 e. The molecule has 1 atom stereocenters. The van der Waals surface area contributed by atoms with Gasteiger partial charge in [0.2, 0.25) is 0 Å². The third-order valence-corrected chi connectivity index (χ3v) is 4.43. The van der Waals surface area contributed by atoms with E-state index in [1.54, 1.807) is 0 Å². The second-order valence-electron chi connectivity index (χ2n) is 6.98. The molecule has 3 heteroatoms. The fraction of sp³-hybridized carbons (Fsp3) is 0.250. The molecule has 140 valence electrons. The van der Waals surface area contributed by atoms with Crippen LogP contribution in [0, 0.1) is 0 Å². The lowest BCUT2D eigenvalue weighted by Crippen LogP contribution is -3.05. The predicted molar refractivity (Wildman–Crippen MR) is 109 cm³/mol. The Kier molecular flexibility index (Phi) is 6.89. The molecule has 3 aromatic carbocycles. The van der Waals surface area contributed by atoms with E-state index in [1.165, 1.54) is 10.5 Å². The zero-order valence-corrected chi connectivity index (χ0v) is 16.1. The summed E-state index contributed by atoms with van der Waals surface area (Å²) in [4.78, 5) is 1.41. The van der Waals surface area contributed by atoms with E-state index < -0.39 is 0 Å². The number of para-hydroxylation sites is 2. The highest BCUT2D eigenvalue weighted by atomic mass is 16.5. The molecule has 27 heavy (non-hydrogen) atoms. The molecule has 0 bridgehead atoms. The fourth-order valence-corrected chi connectivity index (χ4v) is 2.94. The molecule has 0 saturated carbocycles. The van der Waals surface area contributed by atoms with Gasteiger partial charge in [-0.25, -0.2) is 0 Å². The second kappa shape index (κ2) is 9.79. The lowest BCUT2D eigenvalue weighted by atomic mass is 10.1. The highest BCUT2D eigenvalue weighted by molar-refractivity contribution is 5.40. The molecule has 3 aromatic rings. The molecule has 0 saturated heterocycles. The Balaban J connectivity index is 1.75. The fourth-order valence-electron chi connectivity index (χ4n) is 2.94. The molecule has 0 heterocycles. The molecule has 0 aliphatic carbocycles. The summed E-state index contributed by atoms with van der Waals surface area (Å²) in [5, 5.41) is 0. The van der Waals surface area contributed by atoms with Gasteiger partial charge in [-0.05, 0) is 23.3 Å². The predicted octanol–water partition coefficient (Wildman–Crippen LogP) is 3.92. The van der Waals surface area contributed by atoms with Crippen LogP contribution in [0.2, 0.25) is 0 Å². The van der Waals surface area contributed by atoms with E-state index in [0.29, 0.717) is 6.61 Å². The third kappa shape index (κ3) is 5.87. The minimum Gasteiger partial charge on any atom is -0.485 e. The Morgan fingerprint density at radius 2 is 1.33 bits per heavy atom. The minimum atomic E-state index is 0.00238. The Bertz CT molecular complexity index is 803. The van der Waals surface area contributed by atoms with Crippen molar-refractivity contribution < 1.29 is 14.4 Å². The van der Waals surface area contributed by atoms with E-state index in [-0.39, 0.29) is 6.10 Å². The Morgan fingerprint density at radius 3 is 2.00 bits per heavy atom. The molecule has 0 radical (unpaired) electrons. The van der Waals surface area contributed by atoms with Crippen LogP contribution in [-0.2, 0) is 6.61 Å². The van der Waals surface area contributed by atoms with Crippen LogP contribution in [0.3, 0.4) is 0 Å². The highest BCUT2D eigenvalue weighted by Gasteiger charge is 2.17. The number of quaternary nitrogens is 1. The molecule has 0 unspecified atom stereocenters. The second-order valence-corrected chi connectivity index (χ2v) is 6.98. The summed E-state index contributed by atoms with van der Waals surface area (Å²) < 4.78 is 12.5. The first-order valence-electron chi connectivity index (χ1n) is 9.49. The molecule has 0 fully saturated rings. The topological polar surface area (TPSA) is 22.9 Å². The number of nitrogens with one attached hydrogen (secondary N) is 1. The van der Waals surface area contributed by atoms with Crippen molar-refractivity contribution in [3.8, 4) is 11.5 Å². The Labute approximate surface area is 162 Å². The molecule has 0 aliphatic heterocycles. The van der Waals surface area contributed by atoms with Gasteiger partial charge < -0.3 is 14.4 Å². The monoisotopic (exact) mass is 362 g/mol. The van der Waals surface area contributed by atoms with Crippen molar-refractivity contribution in [3.05, 3.63) is 96.1 Å². The summed E-state index contributed by atoms with van der Waals surface area (Å²) in [6.07, 6.45) is 0.946. The van der Waals surface area contributed by atoms with Gasteiger partial charge >= 0.3 is 0 Å². The van der Waals surface area contributed by atoms with Gasteiger partial charge in [0, 0.05) is 6.42 Å². The zero-order chi connectivity index (χ0) is 18.9. The summed E-state index contributed by atoms with van der Waals surface area (Å²) in [5.74, 6) is 1.57. The number of hydrogen-bond donors (Lipinski definition) is 1. The third-order valence-electron chi connectivity index (χ3n) is 4.43. The summed E-state index contributed by atoms with van der Waals surface area (Å²) >= 11 is 0. The smallest absolute Gasteiger partial charge is 0.162 e. The number of hydrogen-bond acceptors (Lipinski definition) is 2. The van der Waals surface area contributed by atoms with Gasteiger partial charge in [0.05, 0.1) is 20.6 Å². The summed E-state index contributed by atoms with van der Waals surface area (Å²) in [7, 11) is 4.33. The molecule has 0 amide bonds. The van der Waals surface area contributed by atoms with Crippen LogP contribution in [-0.4, -0.2) is 20.6 Å². The molecule has 0 spiro atoms. The van der Waals surface area contributed by atoms with Gasteiger partial charge in [0.1, 0.15) is 12.7 Å². The van der Waals surface area contributed by atoms with E-state index in [1.807, 2.05) is 48.5 Å². The maximum absolute atomic E-state index is 6.43. The number of ether oxygens (including phenoxy) is 2. The number of benzene rings is 3. The molecule has 3 rings (SSSR count). The van der Waals surface area contributed by atoms with E-state index in [0.717, 1.165) is 30.0 Å². The van der Waals surface area contributed by atoms with Gasteiger partial charge in [-0.2, -0.15) is 0 Å². The van der Waals surface area contributed by atoms with Gasteiger partial charge in [0.25, 0.3) is 0 Å². The first kappa shape index (κ1) is 19.0. The van der Waals surface area contributed by atoms with Crippen molar-refractivity contribution in [3.63, 3.8) is 0 Å². The Hall–Kier alpha value is -2.78. The molecular formula is C24H28NO2+. The van der Waals surface area contributed by atoms with E-state index in [9.17, 15) is 0 Å². The van der Waals surface area contributed by atoms with E-state index in [4.69, 9.17) is 9.47 Å². The maximum atomic E-state index is 6.43. The van der Waals surface area contributed by atoms with Gasteiger partial charge in [-0.3, -0.25) is 0 Å². The summed E-state index contributed by atoms with van der Waals surface area (Å²) in [6.45, 7) is 1.56. The van der Waals surface area contributed by atoms with Crippen LogP contribution >= 0.6 is 0 Å². The lowest BCUT2D eigenvalue weighted by molar-refractivity contribution is -0.858. The van der Waals surface area contributed by atoms with Crippen LogP contribution in [0.25, 0.3) is 0 Å². The lowest BCUT2D eigenvalue weighted by Gasteiger charge is -2.22. The summed E-state index contributed by atoms with van der Waals surface area (Å²) in [5.41, 5.74) is 2.33. The standard InChI is InChI=1S/C24H27NO2/c1-25(2)18-17-22(21-13-7-4-8-14-21)27-24-16-10-9-15-23(24)26-19-20-11-5-3-6-12-20/h3-16,22H,17-19H2,1-2H3/p+1/t22-/m0/s1. The van der Waals surface area contributed by atoms with Crippen LogP contribution in [0.5, 0.6) is 11.5 Å². The van der Waals surface area contributed by atoms with Crippen molar-refractivity contribution >= 4 is 0 Å². The van der Waals surface area contributed by atoms with Crippen molar-refractivity contribution in [2.24, 2.45) is 0 Å².